The molecule has 6 nitrogen and oxygen atoms in total. The van der Waals surface area contributed by atoms with E-state index < -0.39 is 0 Å². The van der Waals surface area contributed by atoms with E-state index in [4.69, 9.17) is 0 Å². The molecule has 16 heavy (non-hydrogen) atoms. The van der Waals surface area contributed by atoms with E-state index in [1.54, 1.807) is 21.8 Å². The topological polar surface area (TPSA) is 61.4 Å². The smallest absolute Gasteiger partial charge is 0.167 e. The van der Waals surface area contributed by atoms with E-state index in [0.29, 0.717) is 0 Å². The lowest BCUT2D eigenvalue weighted by molar-refractivity contribution is 0.784. The molecule has 0 saturated heterocycles. The van der Waals surface area contributed by atoms with Crippen LogP contribution in [0, 0.1) is 3.57 Å². The first-order valence-corrected chi connectivity index (χ1v) is 5.67. The standard InChI is InChI=1S/C9H7IN6/c1-15-8-7(3-13-15)9(12-5-11-8)16-4-6(10)2-14-16/h2-5H,1H3. The molecule has 0 fully saturated rings. The Labute approximate surface area is 104 Å². The summed E-state index contributed by atoms with van der Waals surface area (Å²) in [5, 5.41) is 9.28. The van der Waals surface area contributed by atoms with Crippen molar-refractivity contribution in [3.8, 4) is 5.82 Å². The maximum atomic E-state index is 4.24. The molecule has 0 unspecified atom stereocenters. The van der Waals surface area contributed by atoms with Crippen LogP contribution in [0.1, 0.15) is 0 Å². The second-order valence-electron chi connectivity index (χ2n) is 3.31. The van der Waals surface area contributed by atoms with Crippen LogP contribution in [0.15, 0.2) is 24.9 Å². The molecule has 0 bridgehead atoms. The molecule has 0 aliphatic rings. The summed E-state index contributed by atoms with van der Waals surface area (Å²) in [5.74, 6) is 0.751. The number of fused-ring (bicyclic) bond motifs is 1. The minimum atomic E-state index is 0.751. The van der Waals surface area contributed by atoms with Gasteiger partial charge < -0.3 is 0 Å². The van der Waals surface area contributed by atoms with Crippen molar-refractivity contribution in [3.63, 3.8) is 0 Å². The van der Waals surface area contributed by atoms with Gasteiger partial charge in [0.2, 0.25) is 0 Å². The molecule has 3 heterocycles. The van der Waals surface area contributed by atoms with Crippen molar-refractivity contribution < 1.29 is 0 Å². The molecule has 0 spiro atoms. The molecule has 0 radical (unpaired) electrons. The number of hydrogen-bond acceptors (Lipinski definition) is 4. The van der Waals surface area contributed by atoms with Gasteiger partial charge in [0.15, 0.2) is 11.5 Å². The normalized spacial score (nSPS) is 11.1. The van der Waals surface area contributed by atoms with Crippen molar-refractivity contribution in [2.24, 2.45) is 7.05 Å². The number of hydrogen-bond donors (Lipinski definition) is 0. The van der Waals surface area contributed by atoms with Gasteiger partial charge in [-0.1, -0.05) is 0 Å². The molecule has 3 aromatic rings. The second kappa shape index (κ2) is 3.51. The molecule has 7 heteroatoms. The predicted molar refractivity (Wildman–Crippen MR) is 66.1 cm³/mol. The molecule has 0 aliphatic heterocycles. The maximum Gasteiger partial charge on any atom is 0.167 e. The van der Waals surface area contributed by atoms with E-state index in [2.05, 4.69) is 42.8 Å². The Morgan fingerprint density at radius 1 is 1.19 bits per heavy atom. The Morgan fingerprint density at radius 3 is 2.81 bits per heavy atom. The molecule has 3 rings (SSSR count). The van der Waals surface area contributed by atoms with Crippen molar-refractivity contribution >= 4 is 33.6 Å². The molecule has 0 aliphatic carbocycles. The van der Waals surface area contributed by atoms with Crippen molar-refractivity contribution in [1.82, 2.24) is 29.5 Å². The fourth-order valence-corrected chi connectivity index (χ4v) is 1.94. The Hall–Kier alpha value is -1.51. The molecule has 3 aromatic heterocycles. The van der Waals surface area contributed by atoms with Gasteiger partial charge in [-0.05, 0) is 22.6 Å². The van der Waals surface area contributed by atoms with E-state index in [-0.39, 0.29) is 0 Å². The fraction of sp³-hybridized carbons (Fsp3) is 0.111. The van der Waals surface area contributed by atoms with Crippen LogP contribution in [0.3, 0.4) is 0 Å². The van der Waals surface area contributed by atoms with Gasteiger partial charge in [0, 0.05) is 13.2 Å². The van der Waals surface area contributed by atoms with E-state index in [1.807, 2.05) is 13.2 Å². The number of rotatable bonds is 1. The average Bonchev–Trinajstić information content (AvgIpc) is 2.86. The summed E-state index contributed by atoms with van der Waals surface area (Å²) in [4.78, 5) is 8.42. The zero-order chi connectivity index (χ0) is 11.1. The third kappa shape index (κ3) is 1.39. The summed E-state index contributed by atoms with van der Waals surface area (Å²) < 4.78 is 4.51. The van der Waals surface area contributed by atoms with Gasteiger partial charge in [0.1, 0.15) is 6.33 Å². The number of aryl methyl sites for hydroxylation is 1. The van der Waals surface area contributed by atoms with Gasteiger partial charge in [0.25, 0.3) is 0 Å². The highest BCUT2D eigenvalue weighted by Gasteiger charge is 2.09. The third-order valence-electron chi connectivity index (χ3n) is 2.28. The van der Waals surface area contributed by atoms with Crippen LogP contribution in [0.2, 0.25) is 0 Å². The fourth-order valence-electron chi connectivity index (χ4n) is 1.55. The van der Waals surface area contributed by atoms with E-state index in [1.165, 1.54) is 6.33 Å². The van der Waals surface area contributed by atoms with Gasteiger partial charge in [-0.3, -0.25) is 4.68 Å². The first kappa shape index (κ1) is 9.70. The lowest BCUT2D eigenvalue weighted by Crippen LogP contribution is -2.00. The van der Waals surface area contributed by atoms with Gasteiger partial charge in [0.05, 0.1) is 21.4 Å². The molecule has 80 valence electrons. The van der Waals surface area contributed by atoms with Crippen LogP contribution in [0.25, 0.3) is 16.9 Å². The summed E-state index contributed by atoms with van der Waals surface area (Å²) in [6, 6.07) is 0. The Morgan fingerprint density at radius 2 is 2.06 bits per heavy atom. The minimum absolute atomic E-state index is 0.751. The largest absolute Gasteiger partial charge is 0.250 e. The zero-order valence-electron chi connectivity index (χ0n) is 8.37. The molecule has 0 atom stereocenters. The number of nitrogens with zero attached hydrogens (tertiary/aromatic N) is 6. The van der Waals surface area contributed by atoms with Crippen LogP contribution in [-0.4, -0.2) is 29.5 Å². The lowest BCUT2D eigenvalue weighted by atomic mass is 10.4. The van der Waals surface area contributed by atoms with E-state index >= 15 is 0 Å². The van der Waals surface area contributed by atoms with Crippen LogP contribution in [0.4, 0.5) is 0 Å². The molecular weight excluding hydrogens is 319 g/mol. The quantitative estimate of drug-likeness (QED) is 0.630. The predicted octanol–water partition coefficient (Wildman–Crippen LogP) is 1.15. The number of halogens is 1. The first-order chi connectivity index (χ1) is 7.75. The van der Waals surface area contributed by atoms with Crippen LogP contribution >= 0.6 is 22.6 Å². The molecule has 0 saturated carbocycles. The van der Waals surface area contributed by atoms with Crippen LogP contribution in [0.5, 0.6) is 0 Å². The van der Waals surface area contributed by atoms with Crippen molar-refractivity contribution in [2.45, 2.75) is 0 Å². The van der Waals surface area contributed by atoms with Gasteiger partial charge in [-0.15, -0.1) is 0 Å². The molecular formula is C9H7IN6. The van der Waals surface area contributed by atoms with Crippen molar-refractivity contribution in [2.75, 3.05) is 0 Å². The summed E-state index contributed by atoms with van der Waals surface area (Å²) in [6.45, 7) is 0. The average molecular weight is 326 g/mol. The summed E-state index contributed by atoms with van der Waals surface area (Å²) in [7, 11) is 1.85. The van der Waals surface area contributed by atoms with Gasteiger partial charge >= 0.3 is 0 Å². The highest BCUT2D eigenvalue weighted by Crippen LogP contribution is 2.17. The molecule has 0 aromatic carbocycles. The first-order valence-electron chi connectivity index (χ1n) is 4.59. The highest BCUT2D eigenvalue weighted by molar-refractivity contribution is 14.1. The van der Waals surface area contributed by atoms with E-state index in [9.17, 15) is 0 Å². The SMILES string of the molecule is Cn1ncc2c(-n3cc(I)cn3)ncnc21. The summed E-state index contributed by atoms with van der Waals surface area (Å²) >= 11 is 2.21. The molecule has 0 amide bonds. The Bertz CT molecular complexity index is 655. The Kier molecular flexibility index (Phi) is 2.13. The van der Waals surface area contributed by atoms with Gasteiger partial charge in [-0.2, -0.15) is 10.2 Å². The van der Waals surface area contributed by atoms with Crippen molar-refractivity contribution in [3.05, 3.63) is 28.5 Å². The van der Waals surface area contributed by atoms with Gasteiger partial charge in [-0.25, -0.2) is 14.6 Å². The Balaban J connectivity index is 2.31. The summed E-state index contributed by atoms with van der Waals surface area (Å²) in [5.41, 5.74) is 0.801. The monoisotopic (exact) mass is 326 g/mol. The second-order valence-corrected chi connectivity index (χ2v) is 4.55. The van der Waals surface area contributed by atoms with Crippen LogP contribution < -0.4 is 0 Å². The van der Waals surface area contributed by atoms with E-state index in [0.717, 1.165) is 20.4 Å². The highest BCUT2D eigenvalue weighted by atomic mass is 127. The number of aromatic nitrogens is 6. The zero-order valence-corrected chi connectivity index (χ0v) is 10.5. The minimum Gasteiger partial charge on any atom is -0.250 e. The molecule has 0 N–H and O–H groups in total. The van der Waals surface area contributed by atoms with Crippen molar-refractivity contribution in [1.29, 1.82) is 0 Å². The maximum absolute atomic E-state index is 4.24. The van der Waals surface area contributed by atoms with Crippen LogP contribution in [-0.2, 0) is 7.05 Å². The third-order valence-corrected chi connectivity index (χ3v) is 2.83. The summed E-state index contributed by atoms with van der Waals surface area (Å²) in [6.07, 6.45) is 6.97. The lowest BCUT2D eigenvalue weighted by Gasteiger charge is -2.00.